The van der Waals surface area contributed by atoms with Gasteiger partial charge in [-0.15, -0.1) is 0 Å². The van der Waals surface area contributed by atoms with Gasteiger partial charge in [0.05, 0.1) is 6.04 Å². The summed E-state index contributed by atoms with van der Waals surface area (Å²) < 4.78 is 5.77. The number of carbonyl (C=O) groups excluding carboxylic acids is 1. The summed E-state index contributed by atoms with van der Waals surface area (Å²) in [6.45, 7) is 4.38. The number of hydrogen-bond acceptors (Lipinski definition) is 3. The largest absolute Gasteiger partial charge is 0.489 e. The molecular weight excluding hydrogens is 288 g/mol. The minimum absolute atomic E-state index is 0.175. The van der Waals surface area contributed by atoms with E-state index in [4.69, 9.17) is 10.5 Å². The second-order valence-corrected chi connectivity index (χ2v) is 5.81. The molecule has 122 valence electrons. The third-order valence-electron chi connectivity index (χ3n) is 3.67. The monoisotopic (exact) mass is 312 g/mol. The molecule has 0 bridgehead atoms. The number of benzene rings is 2. The lowest BCUT2D eigenvalue weighted by atomic mass is 10.1. The van der Waals surface area contributed by atoms with Gasteiger partial charge >= 0.3 is 0 Å². The molecule has 2 rings (SSSR count). The number of primary amides is 1. The highest BCUT2D eigenvalue weighted by atomic mass is 16.5. The normalized spacial score (nSPS) is 13.3. The zero-order valence-electron chi connectivity index (χ0n) is 13.7. The number of hydrogen-bond donors (Lipinski definition) is 2. The van der Waals surface area contributed by atoms with E-state index >= 15 is 0 Å². The lowest BCUT2D eigenvalue weighted by Crippen LogP contribution is -2.44. The zero-order chi connectivity index (χ0) is 16.7. The molecule has 0 aliphatic carbocycles. The van der Waals surface area contributed by atoms with Crippen molar-refractivity contribution in [3.63, 3.8) is 0 Å². The highest BCUT2D eigenvalue weighted by Gasteiger charge is 2.12. The molecule has 0 radical (unpaired) electrons. The molecule has 1 amide bonds. The number of nitrogens with two attached hydrogens (primary N) is 1. The Morgan fingerprint density at radius 1 is 1.04 bits per heavy atom. The predicted molar refractivity (Wildman–Crippen MR) is 92.2 cm³/mol. The first-order valence-corrected chi connectivity index (χ1v) is 7.85. The van der Waals surface area contributed by atoms with E-state index in [1.54, 1.807) is 6.92 Å². The minimum atomic E-state index is -0.332. The molecule has 23 heavy (non-hydrogen) atoms. The maximum atomic E-state index is 11.1. The third kappa shape index (κ3) is 5.75. The van der Waals surface area contributed by atoms with E-state index in [1.165, 1.54) is 5.56 Å². The number of nitrogens with one attached hydrogen (secondary N) is 1. The van der Waals surface area contributed by atoms with Gasteiger partial charge in [-0.05, 0) is 43.5 Å². The summed E-state index contributed by atoms with van der Waals surface area (Å²) in [4.78, 5) is 11.1. The lowest BCUT2D eigenvalue weighted by molar-refractivity contribution is -0.119. The van der Waals surface area contributed by atoms with E-state index in [0.29, 0.717) is 6.61 Å². The Balaban J connectivity index is 1.83. The molecule has 2 aromatic carbocycles. The third-order valence-corrected chi connectivity index (χ3v) is 3.67. The van der Waals surface area contributed by atoms with Crippen LogP contribution in [0.15, 0.2) is 54.6 Å². The highest BCUT2D eigenvalue weighted by molar-refractivity contribution is 5.79. The van der Waals surface area contributed by atoms with Crippen molar-refractivity contribution < 1.29 is 9.53 Å². The van der Waals surface area contributed by atoms with Crippen LogP contribution in [0.1, 0.15) is 25.0 Å². The first-order chi connectivity index (χ1) is 11.0. The molecule has 3 N–H and O–H groups in total. The molecule has 4 heteroatoms. The lowest BCUT2D eigenvalue weighted by Gasteiger charge is -2.17. The van der Waals surface area contributed by atoms with Gasteiger partial charge in [0.25, 0.3) is 0 Å². The smallest absolute Gasteiger partial charge is 0.234 e. The van der Waals surface area contributed by atoms with Crippen LogP contribution in [0, 0.1) is 0 Å². The van der Waals surface area contributed by atoms with Crippen molar-refractivity contribution in [1.82, 2.24) is 5.32 Å². The topological polar surface area (TPSA) is 64.3 Å². The summed E-state index contributed by atoms with van der Waals surface area (Å²) in [6, 6.07) is 18.0. The van der Waals surface area contributed by atoms with E-state index in [1.807, 2.05) is 61.5 Å². The highest BCUT2D eigenvalue weighted by Crippen LogP contribution is 2.15. The molecule has 1 unspecified atom stereocenters. The number of ether oxygens (including phenoxy) is 1. The molecule has 0 aliphatic rings. The summed E-state index contributed by atoms with van der Waals surface area (Å²) in [5, 5.41) is 3.18. The van der Waals surface area contributed by atoms with Crippen molar-refractivity contribution in [3.05, 3.63) is 65.7 Å². The molecule has 0 heterocycles. The number of amides is 1. The zero-order valence-corrected chi connectivity index (χ0v) is 13.7. The molecule has 2 aromatic rings. The Bertz CT molecular complexity index is 611. The van der Waals surface area contributed by atoms with Crippen molar-refractivity contribution in [2.24, 2.45) is 5.73 Å². The average Bonchev–Trinajstić information content (AvgIpc) is 2.55. The molecule has 0 saturated carbocycles. The fraction of sp³-hybridized carbons (Fsp3) is 0.316. The van der Waals surface area contributed by atoms with Crippen molar-refractivity contribution in [1.29, 1.82) is 0 Å². The van der Waals surface area contributed by atoms with Gasteiger partial charge in [-0.3, -0.25) is 4.79 Å². The minimum Gasteiger partial charge on any atom is -0.489 e. The maximum Gasteiger partial charge on any atom is 0.234 e. The molecule has 0 fully saturated rings. The van der Waals surface area contributed by atoms with Gasteiger partial charge in [0.15, 0.2) is 0 Å². The fourth-order valence-electron chi connectivity index (χ4n) is 2.38. The first kappa shape index (κ1) is 17.0. The van der Waals surface area contributed by atoms with Gasteiger partial charge in [-0.2, -0.15) is 0 Å². The SMILES string of the molecule is CC(Cc1ccc(OCc2ccccc2)cc1)N[C@@H](C)C(N)=O. The van der Waals surface area contributed by atoms with E-state index in [-0.39, 0.29) is 18.0 Å². The van der Waals surface area contributed by atoms with Gasteiger partial charge in [-0.1, -0.05) is 42.5 Å². The Kier molecular flexibility index (Phi) is 6.18. The second-order valence-electron chi connectivity index (χ2n) is 5.81. The number of carbonyl (C=O) groups is 1. The Morgan fingerprint density at radius 3 is 2.30 bits per heavy atom. The summed E-state index contributed by atoms with van der Waals surface area (Å²) in [5.41, 5.74) is 7.60. The van der Waals surface area contributed by atoms with Crippen LogP contribution in [0.5, 0.6) is 5.75 Å². The predicted octanol–water partition coefficient (Wildman–Crippen LogP) is 2.66. The van der Waals surface area contributed by atoms with E-state index in [0.717, 1.165) is 17.7 Å². The maximum absolute atomic E-state index is 11.1. The van der Waals surface area contributed by atoms with E-state index in [2.05, 4.69) is 5.32 Å². The number of rotatable bonds is 8. The standard InChI is InChI=1S/C19H24N2O2/c1-14(21-15(2)19(20)22)12-16-8-10-18(11-9-16)23-13-17-6-4-3-5-7-17/h3-11,14-15,21H,12-13H2,1-2H3,(H2,20,22)/t14?,15-/m0/s1. The summed E-state index contributed by atoms with van der Waals surface area (Å²) in [5.74, 6) is 0.519. The Labute approximate surface area is 137 Å². The van der Waals surface area contributed by atoms with Gasteiger partial charge in [0, 0.05) is 6.04 Å². The Hall–Kier alpha value is -2.33. The molecule has 4 nitrogen and oxygen atoms in total. The molecule has 0 spiro atoms. The van der Waals surface area contributed by atoms with Crippen LogP contribution in [0.4, 0.5) is 0 Å². The summed E-state index contributed by atoms with van der Waals surface area (Å²) in [7, 11) is 0. The van der Waals surface area contributed by atoms with Gasteiger partial charge in [-0.25, -0.2) is 0 Å². The van der Waals surface area contributed by atoms with E-state index < -0.39 is 0 Å². The first-order valence-electron chi connectivity index (χ1n) is 7.85. The summed E-state index contributed by atoms with van der Waals surface area (Å²) >= 11 is 0. The van der Waals surface area contributed by atoms with Gasteiger partial charge in [0.1, 0.15) is 12.4 Å². The van der Waals surface area contributed by atoms with Crippen molar-refractivity contribution in [3.8, 4) is 5.75 Å². The van der Waals surface area contributed by atoms with Crippen LogP contribution in [0.25, 0.3) is 0 Å². The quantitative estimate of drug-likeness (QED) is 0.787. The van der Waals surface area contributed by atoms with Crippen LogP contribution in [-0.2, 0) is 17.8 Å². The van der Waals surface area contributed by atoms with Crippen molar-refractivity contribution >= 4 is 5.91 Å². The van der Waals surface area contributed by atoms with Crippen LogP contribution < -0.4 is 15.8 Å². The second kappa shape index (κ2) is 8.34. The molecule has 0 aliphatic heterocycles. The molecule has 2 atom stereocenters. The van der Waals surface area contributed by atoms with Crippen molar-refractivity contribution in [2.75, 3.05) is 0 Å². The average molecular weight is 312 g/mol. The van der Waals surface area contributed by atoms with Crippen molar-refractivity contribution in [2.45, 2.75) is 39.0 Å². The molecule has 0 saturated heterocycles. The van der Waals surface area contributed by atoms with Crippen LogP contribution in [0.3, 0.4) is 0 Å². The van der Waals surface area contributed by atoms with Crippen LogP contribution >= 0.6 is 0 Å². The van der Waals surface area contributed by atoms with Crippen LogP contribution in [-0.4, -0.2) is 18.0 Å². The molecular formula is C19H24N2O2. The van der Waals surface area contributed by atoms with Gasteiger partial charge < -0.3 is 15.8 Å². The van der Waals surface area contributed by atoms with Gasteiger partial charge in [0.2, 0.25) is 5.91 Å². The fourth-order valence-corrected chi connectivity index (χ4v) is 2.38. The summed E-state index contributed by atoms with van der Waals surface area (Å²) in [6.07, 6.45) is 0.830. The molecule has 0 aromatic heterocycles. The van der Waals surface area contributed by atoms with Crippen LogP contribution in [0.2, 0.25) is 0 Å². The Morgan fingerprint density at radius 2 is 1.70 bits per heavy atom. The van der Waals surface area contributed by atoms with E-state index in [9.17, 15) is 4.79 Å².